The standard InChI is InChI=1S/C9H7F3N2S/c10-9(11,12)8-7(4-13-14-8)3-6-1-2-15-5-6/h1-2,4-5H,3H2,(H,13,14). The molecule has 0 spiro atoms. The fraction of sp³-hybridized carbons (Fsp3) is 0.222. The molecule has 1 N–H and O–H groups in total. The van der Waals surface area contributed by atoms with Crippen molar-refractivity contribution in [3.8, 4) is 0 Å². The minimum Gasteiger partial charge on any atom is -0.273 e. The number of alkyl halides is 3. The third-order valence-electron chi connectivity index (χ3n) is 1.98. The van der Waals surface area contributed by atoms with Gasteiger partial charge in [-0.3, -0.25) is 5.10 Å². The molecule has 0 saturated heterocycles. The van der Waals surface area contributed by atoms with Crippen molar-refractivity contribution >= 4 is 11.3 Å². The van der Waals surface area contributed by atoms with Crippen LogP contribution < -0.4 is 0 Å². The third kappa shape index (κ3) is 2.20. The van der Waals surface area contributed by atoms with Crippen molar-refractivity contribution in [2.75, 3.05) is 0 Å². The predicted molar refractivity (Wildman–Crippen MR) is 50.7 cm³/mol. The first kappa shape index (κ1) is 10.2. The van der Waals surface area contributed by atoms with Gasteiger partial charge in [-0.25, -0.2) is 0 Å². The molecule has 0 aliphatic rings. The number of aromatic nitrogens is 2. The maximum Gasteiger partial charge on any atom is 0.433 e. The number of nitrogens with one attached hydrogen (secondary N) is 1. The Morgan fingerprint density at radius 2 is 2.20 bits per heavy atom. The van der Waals surface area contributed by atoms with Gasteiger partial charge in [0.15, 0.2) is 0 Å². The molecule has 2 aromatic heterocycles. The van der Waals surface area contributed by atoms with Crippen molar-refractivity contribution in [1.82, 2.24) is 10.2 Å². The molecule has 2 nitrogen and oxygen atoms in total. The first-order valence-corrected chi connectivity index (χ1v) is 5.12. The molecule has 0 aliphatic carbocycles. The molecule has 0 aliphatic heterocycles. The summed E-state index contributed by atoms with van der Waals surface area (Å²) >= 11 is 1.46. The monoisotopic (exact) mass is 232 g/mol. The van der Waals surface area contributed by atoms with Crippen LogP contribution in [0.2, 0.25) is 0 Å². The summed E-state index contributed by atoms with van der Waals surface area (Å²) in [4.78, 5) is 0. The molecule has 0 unspecified atom stereocenters. The van der Waals surface area contributed by atoms with Crippen LogP contribution in [0.1, 0.15) is 16.8 Å². The summed E-state index contributed by atoms with van der Waals surface area (Å²) in [5, 5.41) is 9.08. The Balaban J connectivity index is 2.26. The summed E-state index contributed by atoms with van der Waals surface area (Å²) in [5.74, 6) is 0. The SMILES string of the molecule is FC(F)(F)c1[nH]ncc1Cc1ccsc1. The molecule has 2 aromatic rings. The number of thiophene rings is 1. The number of hydrogen-bond donors (Lipinski definition) is 1. The maximum atomic E-state index is 12.4. The van der Waals surface area contributed by atoms with Gasteiger partial charge in [-0.2, -0.15) is 29.6 Å². The molecule has 0 radical (unpaired) electrons. The zero-order valence-corrected chi connectivity index (χ0v) is 8.32. The molecule has 80 valence electrons. The van der Waals surface area contributed by atoms with Crippen LogP contribution in [0.25, 0.3) is 0 Å². The van der Waals surface area contributed by atoms with Crippen LogP contribution in [0.15, 0.2) is 23.0 Å². The quantitative estimate of drug-likeness (QED) is 0.846. The lowest BCUT2D eigenvalue weighted by Gasteiger charge is -2.05. The van der Waals surface area contributed by atoms with Gasteiger partial charge in [0.25, 0.3) is 0 Å². The minimum atomic E-state index is -4.36. The maximum absolute atomic E-state index is 12.4. The van der Waals surface area contributed by atoms with E-state index in [-0.39, 0.29) is 12.0 Å². The van der Waals surface area contributed by atoms with E-state index in [2.05, 4.69) is 5.10 Å². The summed E-state index contributed by atoms with van der Waals surface area (Å²) in [6.45, 7) is 0. The second-order valence-electron chi connectivity index (χ2n) is 3.08. The van der Waals surface area contributed by atoms with Crippen LogP contribution in [-0.2, 0) is 12.6 Å². The summed E-state index contributed by atoms with van der Waals surface area (Å²) in [6, 6.07) is 1.80. The van der Waals surface area contributed by atoms with Crippen LogP contribution in [0.5, 0.6) is 0 Å². The summed E-state index contributed by atoms with van der Waals surface area (Å²) in [7, 11) is 0. The first-order chi connectivity index (χ1) is 7.07. The predicted octanol–water partition coefficient (Wildman–Crippen LogP) is 3.08. The van der Waals surface area contributed by atoms with Crippen molar-refractivity contribution in [3.05, 3.63) is 39.8 Å². The number of hydrogen-bond acceptors (Lipinski definition) is 2. The van der Waals surface area contributed by atoms with Crippen molar-refractivity contribution in [2.45, 2.75) is 12.6 Å². The fourth-order valence-corrected chi connectivity index (χ4v) is 1.97. The summed E-state index contributed by atoms with van der Waals surface area (Å²) < 4.78 is 37.3. The van der Waals surface area contributed by atoms with Crippen molar-refractivity contribution in [1.29, 1.82) is 0 Å². The molecule has 2 rings (SSSR count). The van der Waals surface area contributed by atoms with Crippen LogP contribution >= 0.6 is 11.3 Å². The minimum absolute atomic E-state index is 0.181. The molecule has 15 heavy (non-hydrogen) atoms. The van der Waals surface area contributed by atoms with Crippen LogP contribution in [-0.4, -0.2) is 10.2 Å². The number of rotatable bonds is 2. The first-order valence-electron chi connectivity index (χ1n) is 4.18. The van der Waals surface area contributed by atoms with E-state index in [9.17, 15) is 13.2 Å². The van der Waals surface area contributed by atoms with Crippen molar-refractivity contribution in [2.24, 2.45) is 0 Å². The van der Waals surface area contributed by atoms with E-state index in [0.717, 1.165) is 5.56 Å². The normalized spacial score (nSPS) is 11.9. The second kappa shape index (κ2) is 3.69. The molecule has 6 heteroatoms. The van der Waals surface area contributed by atoms with E-state index in [1.807, 2.05) is 15.9 Å². The Morgan fingerprint density at radius 1 is 1.40 bits per heavy atom. The Bertz CT molecular complexity index is 430. The molecule has 2 heterocycles. The van der Waals surface area contributed by atoms with Crippen molar-refractivity contribution < 1.29 is 13.2 Å². The number of aromatic amines is 1. The molecule has 0 saturated carbocycles. The average molecular weight is 232 g/mol. The molecular weight excluding hydrogens is 225 g/mol. The van der Waals surface area contributed by atoms with Gasteiger partial charge >= 0.3 is 6.18 Å². The molecule has 0 fully saturated rings. The lowest BCUT2D eigenvalue weighted by atomic mass is 10.1. The van der Waals surface area contributed by atoms with E-state index in [1.165, 1.54) is 17.5 Å². The van der Waals surface area contributed by atoms with Gasteiger partial charge in [0.05, 0.1) is 6.20 Å². The third-order valence-corrected chi connectivity index (χ3v) is 2.71. The Hall–Kier alpha value is -1.30. The number of halogens is 3. The second-order valence-corrected chi connectivity index (χ2v) is 3.86. The average Bonchev–Trinajstić information content (AvgIpc) is 2.73. The van der Waals surface area contributed by atoms with Crippen LogP contribution in [0.4, 0.5) is 13.2 Å². The number of nitrogens with zero attached hydrogens (tertiary/aromatic N) is 1. The Kier molecular flexibility index (Phi) is 2.52. The van der Waals surface area contributed by atoms with Crippen molar-refractivity contribution in [3.63, 3.8) is 0 Å². The lowest BCUT2D eigenvalue weighted by molar-refractivity contribution is -0.141. The smallest absolute Gasteiger partial charge is 0.273 e. The highest BCUT2D eigenvalue weighted by Gasteiger charge is 2.35. The van der Waals surface area contributed by atoms with Gasteiger partial charge in [-0.1, -0.05) is 0 Å². The van der Waals surface area contributed by atoms with Crippen LogP contribution in [0, 0.1) is 0 Å². The summed E-state index contributed by atoms with van der Waals surface area (Å²) in [6.07, 6.45) is -2.88. The van der Waals surface area contributed by atoms with Gasteiger partial charge in [-0.05, 0) is 22.4 Å². The molecule has 0 amide bonds. The topological polar surface area (TPSA) is 28.7 Å². The zero-order valence-electron chi connectivity index (χ0n) is 7.51. The zero-order chi connectivity index (χ0) is 10.9. The van der Waals surface area contributed by atoms with Gasteiger partial charge in [0, 0.05) is 12.0 Å². The highest BCUT2D eigenvalue weighted by molar-refractivity contribution is 7.07. The largest absolute Gasteiger partial charge is 0.433 e. The summed E-state index contributed by atoms with van der Waals surface area (Å²) in [5.41, 5.74) is 0.293. The molecular formula is C9H7F3N2S. The fourth-order valence-electron chi connectivity index (χ4n) is 1.30. The van der Waals surface area contributed by atoms with Gasteiger partial charge in [0.2, 0.25) is 0 Å². The van der Waals surface area contributed by atoms with E-state index in [0.29, 0.717) is 0 Å². The molecule has 0 aromatic carbocycles. The highest BCUT2D eigenvalue weighted by Crippen LogP contribution is 2.31. The van der Waals surface area contributed by atoms with E-state index in [1.54, 1.807) is 6.07 Å². The lowest BCUT2D eigenvalue weighted by Crippen LogP contribution is -2.08. The van der Waals surface area contributed by atoms with E-state index >= 15 is 0 Å². The highest BCUT2D eigenvalue weighted by atomic mass is 32.1. The van der Waals surface area contributed by atoms with Crippen LogP contribution in [0.3, 0.4) is 0 Å². The van der Waals surface area contributed by atoms with Gasteiger partial charge < -0.3 is 0 Å². The molecule has 0 bridgehead atoms. The Labute approximate surface area is 87.8 Å². The van der Waals surface area contributed by atoms with Gasteiger partial charge in [0.1, 0.15) is 5.69 Å². The molecule has 0 atom stereocenters. The number of H-pyrrole nitrogens is 1. The van der Waals surface area contributed by atoms with E-state index < -0.39 is 11.9 Å². The van der Waals surface area contributed by atoms with E-state index in [4.69, 9.17) is 0 Å². The Morgan fingerprint density at radius 3 is 2.80 bits per heavy atom. The van der Waals surface area contributed by atoms with Gasteiger partial charge in [-0.15, -0.1) is 0 Å².